The number of β-amino-alcohol motifs (C(OH)–C–C–N with tert-alkyl or cyclic N) is 1. The van der Waals surface area contributed by atoms with Crippen LogP contribution in [0.4, 0.5) is 5.82 Å². The zero-order valence-corrected chi connectivity index (χ0v) is 12.0. The van der Waals surface area contributed by atoms with Gasteiger partial charge in [-0.05, 0) is 31.0 Å². The second-order valence-electron chi connectivity index (χ2n) is 5.37. The molecule has 1 aromatic carbocycles. The first-order valence-corrected chi connectivity index (χ1v) is 7.23. The Balaban J connectivity index is 1.90. The monoisotopic (exact) mass is 299 g/mol. The van der Waals surface area contributed by atoms with E-state index < -0.39 is 5.97 Å². The zero-order valence-electron chi connectivity index (χ0n) is 12.0. The number of nitrogens with zero attached hydrogens (tertiary/aromatic N) is 3. The first-order chi connectivity index (χ1) is 10.6. The lowest BCUT2D eigenvalue weighted by atomic mass is 10.1. The Labute approximate surface area is 128 Å². The third-order valence-corrected chi connectivity index (χ3v) is 3.73. The van der Waals surface area contributed by atoms with E-state index in [2.05, 4.69) is 9.97 Å². The van der Waals surface area contributed by atoms with Gasteiger partial charge in [0.1, 0.15) is 5.82 Å². The van der Waals surface area contributed by atoms with Gasteiger partial charge in [-0.15, -0.1) is 0 Å². The molecule has 1 aliphatic rings. The normalized spacial score (nSPS) is 18.2. The number of hydrogen-bond acceptors (Lipinski definition) is 5. The van der Waals surface area contributed by atoms with Crippen LogP contribution in [0.15, 0.2) is 36.5 Å². The average Bonchev–Trinajstić information content (AvgIpc) is 2.55. The van der Waals surface area contributed by atoms with Crippen molar-refractivity contribution in [2.75, 3.05) is 18.0 Å². The molecule has 3 rings (SSSR count). The van der Waals surface area contributed by atoms with E-state index in [1.807, 2.05) is 11.0 Å². The summed E-state index contributed by atoms with van der Waals surface area (Å²) in [7, 11) is 0. The van der Waals surface area contributed by atoms with Gasteiger partial charge in [-0.3, -0.25) is 0 Å². The number of carboxylic acid groups (broad SMARTS) is 1. The Morgan fingerprint density at radius 2 is 2.18 bits per heavy atom. The fraction of sp³-hybridized carbons (Fsp3) is 0.312. The van der Waals surface area contributed by atoms with Crippen molar-refractivity contribution in [1.29, 1.82) is 0 Å². The van der Waals surface area contributed by atoms with E-state index in [4.69, 9.17) is 5.11 Å². The number of aliphatic hydroxyl groups is 1. The molecule has 1 aliphatic heterocycles. The van der Waals surface area contributed by atoms with E-state index in [0.717, 1.165) is 25.2 Å². The lowest BCUT2D eigenvalue weighted by molar-refractivity contribution is 0.0697. The summed E-state index contributed by atoms with van der Waals surface area (Å²) in [6, 6.07) is 8.38. The molecule has 1 atom stereocenters. The van der Waals surface area contributed by atoms with Gasteiger partial charge in [-0.25, -0.2) is 14.8 Å². The summed E-state index contributed by atoms with van der Waals surface area (Å²) in [5, 5.41) is 18.8. The Bertz CT molecular complexity index is 690. The van der Waals surface area contributed by atoms with Crippen LogP contribution in [0.1, 0.15) is 23.2 Å². The molecule has 1 unspecified atom stereocenters. The van der Waals surface area contributed by atoms with Crippen molar-refractivity contribution in [2.45, 2.75) is 18.9 Å². The van der Waals surface area contributed by atoms with Crippen LogP contribution in [0.5, 0.6) is 0 Å². The molecule has 0 radical (unpaired) electrons. The summed E-state index contributed by atoms with van der Waals surface area (Å²) < 4.78 is 0. The minimum atomic E-state index is -0.975. The van der Waals surface area contributed by atoms with E-state index in [-0.39, 0.29) is 11.7 Å². The van der Waals surface area contributed by atoms with Crippen molar-refractivity contribution in [2.24, 2.45) is 0 Å². The largest absolute Gasteiger partial charge is 0.478 e. The van der Waals surface area contributed by atoms with Gasteiger partial charge >= 0.3 is 5.97 Å². The summed E-state index contributed by atoms with van der Waals surface area (Å²) in [6.45, 7) is 1.41. The van der Waals surface area contributed by atoms with Crippen LogP contribution in [-0.4, -0.2) is 45.3 Å². The van der Waals surface area contributed by atoms with Crippen LogP contribution in [0.25, 0.3) is 11.4 Å². The molecular formula is C16H17N3O3. The fourth-order valence-electron chi connectivity index (χ4n) is 2.62. The van der Waals surface area contributed by atoms with Gasteiger partial charge in [0.2, 0.25) is 0 Å². The number of carbonyl (C=O) groups is 1. The lowest BCUT2D eigenvalue weighted by Crippen LogP contribution is -2.38. The summed E-state index contributed by atoms with van der Waals surface area (Å²) in [5.74, 6) is 0.266. The Hall–Kier alpha value is -2.47. The molecule has 0 aliphatic carbocycles. The van der Waals surface area contributed by atoms with Crippen LogP contribution < -0.4 is 4.90 Å². The van der Waals surface area contributed by atoms with E-state index in [1.54, 1.807) is 24.4 Å². The fourth-order valence-corrected chi connectivity index (χ4v) is 2.62. The topological polar surface area (TPSA) is 86.5 Å². The predicted molar refractivity (Wildman–Crippen MR) is 81.9 cm³/mol. The molecule has 114 valence electrons. The maximum atomic E-state index is 11.1. The minimum absolute atomic E-state index is 0.208. The highest BCUT2D eigenvalue weighted by Gasteiger charge is 2.19. The Morgan fingerprint density at radius 3 is 2.95 bits per heavy atom. The molecule has 6 nitrogen and oxygen atoms in total. The molecule has 2 heterocycles. The van der Waals surface area contributed by atoms with Crippen molar-refractivity contribution < 1.29 is 15.0 Å². The molecular weight excluding hydrogens is 282 g/mol. The summed E-state index contributed by atoms with van der Waals surface area (Å²) in [4.78, 5) is 21.8. The number of piperidine rings is 1. The molecule has 2 aromatic rings. The van der Waals surface area contributed by atoms with Crippen LogP contribution >= 0.6 is 0 Å². The second-order valence-corrected chi connectivity index (χ2v) is 5.37. The highest BCUT2D eigenvalue weighted by atomic mass is 16.4. The highest BCUT2D eigenvalue weighted by molar-refractivity contribution is 5.89. The number of aliphatic hydroxyl groups excluding tert-OH is 1. The SMILES string of the molecule is O=C(O)c1cccc(-c2nccc(N3CCCC(O)C3)n2)c1. The van der Waals surface area contributed by atoms with Crippen molar-refractivity contribution in [3.8, 4) is 11.4 Å². The maximum Gasteiger partial charge on any atom is 0.335 e. The van der Waals surface area contributed by atoms with E-state index >= 15 is 0 Å². The van der Waals surface area contributed by atoms with Crippen molar-refractivity contribution in [1.82, 2.24) is 9.97 Å². The maximum absolute atomic E-state index is 11.1. The number of hydrogen-bond donors (Lipinski definition) is 2. The van der Waals surface area contributed by atoms with Gasteiger partial charge in [0.05, 0.1) is 11.7 Å². The zero-order chi connectivity index (χ0) is 15.5. The van der Waals surface area contributed by atoms with Crippen LogP contribution in [0, 0.1) is 0 Å². The number of aromatic carboxylic acids is 1. The van der Waals surface area contributed by atoms with Crippen LogP contribution in [0.3, 0.4) is 0 Å². The highest BCUT2D eigenvalue weighted by Crippen LogP contribution is 2.22. The third kappa shape index (κ3) is 3.07. The summed E-state index contributed by atoms with van der Waals surface area (Å²) in [6.07, 6.45) is 3.07. The molecule has 0 amide bonds. The summed E-state index contributed by atoms with van der Waals surface area (Å²) >= 11 is 0. The molecule has 1 aromatic heterocycles. The predicted octanol–water partition coefficient (Wildman–Crippen LogP) is 1.80. The summed E-state index contributed by atoms with van der Waals surface area (Å²) in [5.41, 5.74) is 0.874. The number of rotatable bonds is 3. The van der Waals surface area contributed by atoms with E-state index in [0.29, 0.717) is 17.9 Å². The van der Waals surface area contributed by atoms with Crippen LogP contribution in [0.2, 0.25) is 0 Å². The second kappa shape index (κ2) is 6.11. The van der Waals surface area contributed by atoms with Gasteiger partial charge in [-0.1, -0.05) is 12.1 Å². The lowest BCUT2D eigenvalue weighted by Gasteiger charge is -2.31. The van der Waals surface area contributed by atoms with Gasteiger partial charge < -0.3 is 15.1 Å². The molecule has 0 saturated carbocycles. The van der Waals surface area contributed by atoms with E-state index in [9.17, 15) is 9.90 Å². The molecule has 22 heavy (non-hydrogen) atoms. The van der Waals surface area contributed by atoms with Gasteiger partial charge in [0, 0.05) is 24.8 Å². The number of carboxylic acids is 1. The van der Waals surface area contributed by atoms with Gasteiger partial charge in [0.25, 0.3) is 0 Å². The third-order valence-electron chi connectivity index (χ3n) is 3.73. The van der Waals surface area contributed by atoms with E-state index in [1.165, 1.54) is 6.07 Å². The standard InChI is InChI=1S/C16H17N3O3/c20-13-5-2-8-19(10-13)14-6-7-17-15(18-14)11-3-1-4-12(9-11)16(21)22/h1,3-4,6-7,9,13,20H,2,5,8,10H2,(H,21,22). The quantitative estimate of drug-likeness (QED) is 0.898. The smallest absolute Gasteiger partial charge is 0.335 e. The molecule has 1 saturated heterocycles. The van der Waals surface area contributed by atoms with Crippen molar-refractivity contribution >= 4 is 11.8 Å². The molecule has 0 spiro atoms. The number of benzene rings is 1. The number of anilines is 1. The van der Waals surface area contributed by atoms with Gasteiger partial charge in [0.15, 0.2) is 5.82 Å². The first-order valence-electron chi connectivity index (χ1n) is 7.23. The Kier molecular flexibility index (Phi) is 4.02. The number of aromatic nitrogens is 2. The minimum Gasteiger partial charge on any atom is -0.478 e. The van der Waals surface area contributed by atoms with Crippen molar-refractivity contribution in [3.63, 3.8) is 0 Å². The Morgan fingerprint density at radius 1 is 1.32 bits per heavy atom. The molecule has 0 bridgehead atoms. The molecule has 6 heteroatoms. The average molecular weight is 299 g/mol. The van der Waals surface area contributed by atoms with Crippen molar-refractivity contribution in [3.05, 3.63) is 42.1 Å². The first kappa shape index (κ1) is 14.5. The molecule has 2 N–H and O–H groups in total. The van der Waals surface area contributed by atoms with Crippen LogP contribution in [-0.2, 0) is 0 Å². The van der Waals surface area contributed by atoms with Gasteiger partial charge in [-0.2, -0.15) is 0 Å². The molecule has 1 fully saturated rings.